The minimum Gasteiger partial charge on any atom is -0.314 e. The molecule has 1 saturated heterocycles. The van der Waals surface area contributed by atoms with Crippen LogP contribution in [-0.2, 0) is 16.3 Å². The minimum absolute atomic E-state index is 0.314. The lowest BCUT2D eigenvalue weighted by molar-refractivity contribution is 0.317. The first-order valence-corrected chi connectivity index (χ1v) is 10.4. The number of rotatable bonds is 7. The van der Waals surface area contributed by atoms with Gasteiger partial charge in [-0.2, -0.15) is 0 Å². The maximum absolute atomic E-state index is 11.7. The van der Waals surface area contributed by atoms with Crippen LogP contribution in [0.1, 0.15) is 37.3 Å². The minimum atomic E-state index is -2.80. The second kappa shape index (κ2) is 7.20. The molecule has 21 heavy (non-hydrogen) atoms. The van der Waals surface area contributed by atoms with Crippen molar-refractivity contribution in [1.82, 2.24) is 10.3 Å². The molecule has 0 bridgehead atoms. The van der Waals surface area contributed by atoms with Crippen LogP contribution < -0.4 is 5.32 Å². The molecule has 6 heteroatoms. The van der Waals surface area contributed by atoms with Crippen molar-refractivity contribution in [1.29, 1.82) is 0 Å². The van der Waals surface area contributed by atoms with E-state index < -0.39 is 9.84 Å². The van der Waals surface area contributed by atoms with Crippen molar-refractivity contribution in [3.8, 4) is 0 Å². The Morgan fingerprint density at radius 1 is 1.48 bits per heavy atom. The van der Waals surface area contributed by atoms with E-state index in [2.05, 4.69) is 24.1 Å². The van der Waals surface area contributed by atoms with E-state index in [1.165, 1.54) is 4.88 Å². The molecular formula is C15H26N2O2S2. The summed E-state index contributed by atoms with van der Waals surface area (Å²) in [5.41, 5.74) is 3.01. The number of aromatic nitrogens is 1. The van der Waals surface area contributed by atoms with Gasteiger partial charge in [0.05, 0.1) is 22.7 Å². The number of thiazole rings is 1. The van der Waals surface area contributed by atoms with Gasteiger partial charge in [-0.15, -0.1) is 11.3 Å². The van der Waals surface area contributed by atoms with Gasteiger partial charge in [0.1, 0.15) is 0 Å². The zero-order valence-electron chi connectivity index (χ0n) is 13.1. The van der Waals surface area contributed by atoms with Crippen molar-refractivity contribution in [3.63, 3.8) is 0 Å². The van der Waals surface area contributed by atoms with E-state index in [1.807, 2.05) is 12.4 Å². The summed E-state index contributed by atoms with van der Waals surface area (Å²) in [6.45, 7) is 7.23. The largest absolute Gasteiger partial charge is 0.314 e. The Hall–Kier alpha value is -0.460. The molecule has 0 aromatic carbocycles. The molecule has 1 aliphatic heterocycles. The summed E-state index contributed by atoms with van der Waals surface area (Å²) in [6.07, 6.45) is 2.88. The second-order valence-corrected chi connectivity index (χ2v) is 9.55. The number of sulfone groups is 1. The van der Waals surface area contributed by atoms with E-state index in [1.54, 1.807) is 11.3 Å². The van der Waals surface area contributed by atoms with Crippen LogP contribution in [0.3, 0.4) is 0 Å². The number of nitrogens with one attached hydrogen (secondary N) is 1. The molecule has 0 radical (unpaired) electrons. The van der Waals surface area contributed by atoms with Gasteiger partial charge in [0.15, 0.2) is 9.84 Å². The Balaban J connectivity index is 1.97. The van der Waals surface area contributed by atoms with Crippen LogP contribution in [0.15, 0.2) is 5.51 Å². The van der Waals surface area contributed by atoms with Gasteiger partial charge in [-0.05, 0) is 44.6 Å². The second-order valence-electron chi connectivity index (χ2n) is 6.39. The quantitative estimate of drug-likeness (QED) is 0.834. The van der Waals surface area contributed by atoms with E-state index in [4.69, 9.17) is 0 Å². The van der Waals surface area contributed by atoms with Crippen molar-refractivity contribution < 1.29 is 8.42 Å². The smallest absolute Gasteiger partial charge is 0.150 e. The maximum Gasteiger partial charge on any atom is 0.150 e. The van der Waals surface area contributed by atoms with Gasteiger partial charge >= 0.3 is 0 Å². The highest BCUT2D eigenvalue weighted by atomic mass is 32.2. The van der Waals surface area contributed by atoms with Gasteiger partial charge in [-0.25, -0.2) is 13.4 Å². The van der Waals surface area contributed by atoms with Gasteiger partial charge in [0.25, 0.3) is 0 Å². The Morgan fingerprint density at radius 3 is 2.76 bits per heavy atom. The zero-order valence-corrected chi connectivity index (χ0v) is 14.8. The van der Waals surface area contributed by atoms with Crippen LogP contribution >= 0.6 is 11.3 Å². The molecule has 1 fully saturated rings. The first-order chi connectivity index (χ1) is 9.87. The lowest BCUT2D eigenvalue weighted by Crippen LogP contribution is -2.33. The fourth-order valence-electron chi connectivity index (χ4n) is 2.97. The Bertz CT molecular complexity index is 552. The maximum atomic E-state index is 11.7. The SMILES string of the molecule is Cc1ncsc1CCC(CNC(C)C)C1CCS(=O)(=O)C1. The van der Waals surface area contributed by atoms with Gasteiger partial charge in [-0.3, -0.25) is 0 Å². The van der Waals surface area contributed by atoms with Crippen molar-refractivity contribution >= 4 is 21.2 Å². The molecule has 2 unspecified atom stereocenters. The number of nitrogens with zero attached hydrogens (tertiary/aromatic N) is 1. The molecule has 0 aliphatic carbocycles. The summed E-state index contributed by atoms with van der Waals surface area (Å²) in [6, 6.07) is 0.440. The standard InChI is InChI=1S/C15H26N2O2S2/c1-11(2)16-8-13(14-6-7-21(18,19)9-14)4-5-15-12(3)17-10-20-15/h10-11,13-14,16H,4-9H2,1-3H3. The fourth-order valence-corrected chi connectivity index (χ4v) is 5.69. The molecule has 1 N–H and O–H groups in total. The van der Waals surface area contributed by atoms with Crippen LogP contribution in [0.25, 0.3) is 0 Å². The summed E-state index contributed by atoms with van der Waals surface area (Å²) in [5.74, 6) is 1.50. The van der Waals surface area contributed by atoms with E-state index in [-0.39, 0.29) is 0 Å². The predicted molar refractivity (Wildman–Crippen MR) is 88.6 cm³/mol. The summed E-state index contributed by atoms with van der Waals surface area (Å²) in [7, 11) is -2.80. The first kappa shape index (κ1) is 16.9. The van der Waals surface area contributed by atoms with Crippen molar-refractivity contribution in [2.75, 3.05) is 18.1 Å². The zero-order chi connectivity index (χ0) is 15.5. The molecule has 2 atom stereocenters. The average molecular weight is 331 g/mol. The number of hydrogen-bond donors (Lipinski definition) is 1. The van der Waals surface area contributed by atoms with E-state index in [0.717, 1.165) is 31.5 Å². The van der Waals surface area contributed by atoms with Gasteiger partial charge in [0.2, 0.25) is 0 Å². The molecule has 1 aromatic rings. The van der Waals surface area contributed by atoms with Crippen molar-refractivity contribution in [3.05, 3.63) is 16.1 Å². The predicted octanol–water partition coefficient (Wildman–Crippen LogP) is 2.43. The molecule has 0 amide bonds. The molecular weight excluding hydrogens is 304 g/mol. The van der Waals surface area contributed by atoms with Crippen molar-refractivity contribution in [2.24, 2.45) is 11.8 Å². The van der Waals surface area contributed by atoms with E-state index >= 15 is 0 Å². The highest BCUT2D eigenvalue weighted by Gasteiger charge is 2.33. The molecule has 2 heterocycles. The monoisotopic (exact) mass is 330 g/mol. The Kier molecular flexibility index (Phi) is 5.80. The molecule has 2 rings (SSSR count). The summed E-state index contributed by atoms with van der Waals surface area (Å²) < 4.78 is 23.5. The molecule has 0 spiro atoms. The summed E-state index contributed by atoms with van der Waals surface area (Å²) in [5, 5.41) is 3.49. The molecule has 4 nitrogen and oxygen atoms in total. The topological polar surface area (TPSA) is 59.1 Å². The highest BCUT2D eigenvalue weighted by Crippen LogP contribution is 2.30. The lowest BCUT2D eigenvalue weighted by atomic mass is 9.87. The summed E-state index contributed by atoms with van der Waals surface area (Å²) >= 11 is 1.71. The van der Waals surface area contributed by atoms with Crippen LogP contribution in [0.2, 0.25) is 0 Å². The van der Waals surface area contributed by atoms with Gasteiger partial charge in [0, 0.05) is 10.9 Å². The third kappa shape index (κ3) is 5.04. The average Bonchev–Trinajstić information content (AvgIpc) is 2.95. The third-order valence-electron chi connectivity index (χ3n) is 4.31. The normalized spacial score (nSPS) is 22.8. The molecule has 1 aromatic heterocycles. The summed E-state index contributed by atoms with van der Waals surface area (Å²) in [4.78, 5) is 5.63. The van der Waals surface area contributed by atoms with E-state index in [0.29, 0.717) is 29.4 Å². The van der Waals surface area contributed by atoms with Gasteiger partial charge < -0.3 is 5.32 Å². The van der Waals surface area contributed by atoms with Crippen LogP contribution in [0.4, 0.5) is 0 Å². The molecule has 120 valence electrons. The van der Waals surface area contributed by atoms with Crippen LogP contribution in [0.5, 0.6) is 0 Å². The molecule has 1 aliphatic rings. The fraction of sp³-hybridized carbons (Fsp3) is 0.800. The number of hydrogen-bond acceptors (Lipinski definition) is 5. The van der Waals surface area contributed by atoms with Gasteiger partial charge in [-0.1, -0.05) is 13.8 Å². The van der Waals surface area contributed by atoms with Crippen LogP contribution in [0, 0.1) is 18.8 Å². The van der Waals surface area contributed by atoms with Crippen LogP contribution in [-0.4, -0.2) is 37.5 Å². The number of aryl methyl sites for hydroxylation is 2. The Labute approximate surface area is 132 Å². The highest BCUT2D eigenvalue weighted by molar-refractivity contribution is 7.91. The molecule has 0 saturated carbocycles. The lowest BCUT2D eigenvalue weighted by Gasteiger charge is -2.24. The van der Waals surface area contributed by atoms with E-state index in [9.17, 15) is 8.42 Å². The Morgan fingerprint density at radius 2 is 2.24 bits per heavy atom. The third-order valence-corrected chi connectivity index (χ3v) is 7.10. The van der Waals surface area contributed by atoms with Crippen molar-refractivity contribution in [2.45, 2.75) is 46.1 Å². The first-order valence-electron chi connectivity index (χ1n) is 7.70.